The van der Waals surface area contributed by atoms with Crippen molar-refractivity contribution in [2.24, 2.45) is 0 Å². The van der Waals surface area contributed by atoms with Gasteiger partial charge in [-0.25, -0.2) is 4.79 Å². The first-order chi connectivity index (χ1) is 10.4. The largest absolute Gasteiger partial charge is 0.457 e. The molecule has 0 aliphatic heterocycles. The molecule has 5 heteroatoms. The number of non-ortho nitro benzene ring substituents is 1. The number of carbonyl (C=O) groups excluding carboxylic acids is 1. The highest BCUT2D eigenvalue weighted by molar-refractivity contribution is 5.92. The molecule has 0 spiro atoms. The number of carbonyl (C=O) groups is 1. The number of esters is 1. The molecule has 0 fully saturated rings. The van der Waals surface area contributed by atoms with Gasteiger partial charge in [0.05, 0.1) is 10.5 Å². The van der Waals surface area contributed by atoms with E-state index in [9.17, 15) is 14.9 Å². The Balaban J connectivity index is 2.08. The minimum Gasteiger partial charge on any atom is -0.457 e. The number of nitro benzene ring substituents is 1. The van der Waals surface area contributed by atoms with E-state index in [-0.39, 0.29) is 18.3 Å². The number of hydrogen-bond donors (Lipinski definition) is 0. The van der Waals surface area contributed by atoms with Crippen molar-refractivity contribution in [3.05, 3.63) is 74.3 Å². The van der Waals surface area contributed by atoms with E-state index < -0.39 is 4.92 Å². The Morgan fingerprint density at radius 3 is 2.14 bits per heavy atom. The topological polar surface area (TPSA) is 69.4 Å². The third-order valence-electron chi connectivity index (χ3n) is 3.40. The molecule has 22 heavy (non-hydrogen) atoms. The first kappa shape index (κ1) is 15.7. The van der Waals surface area contributed by atoms with Gasteiger partial charge in [-0.2, -0.15) is 0 Å². The van der Waals surface area contributed by atoms with Crippen LogP contribution in [0.25, 0.3) is 0 Å². The molecule has 0 aliphatic rings. The van der Waals surface area contributed by atoms with E-state index in [0.717, 1.165) is 16.7 Å². The average molecular weight is 299 g/mol. The predicted octanol–water partition coefficient (Wildman–Crippen LogP) is 3.88. The molecule has 114 valence electrons. The van der Waals surface area contributed by atoms with Crippen LogP contribution >= 0.6 is 0 Å². The molecular formula is C17H17NO4. The Bertz CT molecular complexity index is 697. The fourth-order valence-corrected chi connectivity index (χ4v) is 2.44. The van der Waals surface area contributed by atoms with E-state index in [1.54, 1.807) is 12.1 Å². The van der Waals surface area contributed by atoms with Gasteiger partial charge in [0.25, 0.3) is 5.69 Å². The maximum Gasteiger partial charge on any atom is 0.339 e. The Morgan fingerprint density at radius 1 is 1.09 bits per heavy atom. The third-order valence-corrected chi connectivity index (χ3v) is 3.40. The highest BCUT2D eigenvalue weighted by Gasteiger charge is 2.14. The predicted molar refractivity (Wildman–Crippen MR) is 82.9 cm³/mol. The quantitative estimate of drug-likeness (QED) is 0.488. The van der Waals surface area contributed by atoms with Crippen LogP contribution in [0.3, 0.4) is 0 Å². The Labute approximate surface area is 128 Å². The lowest BCUT2D eigenvalue weighted by atomic mass is 10.00. The van der Waals surface area contributed by atoms with Crippen molar-refractivity contribution in [1.82, 2.24) is 0 Å². The second-order valence-corrected chi connectivity index (χ2v) is 5.27. The number of aryl methyl sites for hydroxylation is 3. The molecule has 0 N–H and O–H groups in total. The molecule has 0 aromatic heterocycles. The van der Waals surface area contributed by atoms with Crippen molar-refractivity contribution in [2.75, 3.05) is 0 Å². The zero-order valence-electron chi connectivity index (χ0n) is 12.8. The summed E-state index contributed by atoms with van der Waals surface area (Å²) in [6.45, 7) is 5.82. The molecule has 0 bridgehead atoms. The van der Waals surface area contributed by atoms with Gasteiger partial charge < -0.3 is 4.74 Å². The monoisotopic (exact) mass is 299 g/mol. The van der Waals surface area contributed by atoms with Crippen molar-refractivity contribution in [3.8, 4) is 0 Å². The van der Waals surface area contributed by atoms with Crippen LogP contribution in [0.15, 0.2) is 36.4 Å². The fourth-order valence-electron chi connectivity index (χ4n) is 2.44. The molecule has 0 atom stereocenters. The minimum atomic E-state index is -0.463. The molecule has 2 aromatic rings. The van der Waals surface area contributed by atoms with Crippen LogP contribution in [0.5, 0.6) is 0 Å². The van der Waals surface area contributed by atoms with Gasteiger partial charge in [-0.05, 0) is 49.6 Å². The molecule has 0 amide bonds. The second-order valence-electron chi connectivity index (χ2n) is 5.27. The second kappa shape index (κ2) is 6.39. The van der Waals surface area contributed by atoms with Crippen LogP contribution in [-0.2, 0) is 11.3 Å². The summed E-state index contributed by atoms with van der Waals surface area (Å²) in [6, 6.07) is 9.84. The van der Waals surface area contributed by atoms with Gasteiger partial charge >= 0.3 is 5.97 Å². The summed E-state index contributed by atoms with van der Waals surface area (Å²) < 4.78 is 5.31. The summed E-state index contributed by atoms with van der Waals surface area (Å²) >= 11 is 0. The summed E-state index contributed by atoms with van der Waals surface area (Å²) in [5.41, 5.74) is 4.16. The summed E-state index contributed by atoms with van der Waals surface area (Å²) in [5, 5.41) is 10.6. The van der Waals surface area contributed by atoms with Gasteiger partial charge in [0.2, 0.25) is 0 Å². The summed E-state index contributed by atoms with van der Waals surface area (Å²) in [7, 11) is 0. The Morgan fingerprint density at radius 2 is 1.64 bits per heavy atom. The van der Waals surface area contributed by atoms with Crippen LogP contribution in [-0.4, -0.2) is 10.9 Å². The zero-order chi connectivity index (χ0) is 16.3. The maximum absolute atomic E-state index is 12.2. The Kier molecular flexibility index (Phi) is 4.56. The van der Waals surface area contributed by atoms with Crippen LogP contribution in [0.1, 0.15) is 32.6 Å². The zero-order valence-corrected chi connectivity index (χ0v) is 12.8. The van der Waals surface area contributed by atoms with E-state index >= 15 is 0 Å². The summed E-state index contributed by atoms with van der Waals surface area (Å²) in [4.78, 5) is 22.3. The highest BCUT2D eigenvalue weighted by Crippen LogP contribution is 2.18. The summed E-state index contributed by atoms with van der Waals surface area (Å²) in [5.74, 6) is -0.381. The van der Waals surface area contributed by atoms with Crippen LogP contribution < -0.4 is 0 Å². The van der Waals surface area contributed by atoms with Crippen molar-refractivity contribution < 1.29 is 14.5 Å². The number of hydrogen-bond acceptors (Lipinski definition) is 4. The molecule has 0 saturated heterocycles. The summed E-state index contributed by atoms with van der Waals surface area (Å²) in [6.07, 6.45) is 0. The molecular weight excluding hydrogens is 282 g/mol. The first-order valence-electron chi connectivity index (χ1n) is 6.87. The van der Waals surface area contributed by atoms with E-state index in [0.29, 0.717) is 11.1 Å². The molecule has 0 unspecified atom stereocenters. The van der Waals surface area contributed by atoms with Crippen LogP contribution in [0.4, 0.5) is 5.69 Å². The lowest BCUT2D eigenvalue weighted by Crippen LogP contribution is -2.09. The van der Waals surface area contributed by atoms with Gasteiger partial charge in [0.1, 0.15) is 6.61 Å². The van der Waals surface area contributed by atoms with Gasteiger partial charge in [0, 0.05) is 12.1 Å². The molecule has 0 heterocycles. The van der Waals surface area contributed by atoms with Crippen LogP contribution in [0, 0.1) is 30.9 Å². The molecule has 2 rings (SSSR count). The fraction of sp³-hybridized carbons (Fsp3) is 0.235. The molecule has 0 radical (unpaired) electrons. The van der Waals surface area contributed by atoms with E-state index in [1.807, 2.05) is 32.9 Å². The minimum absolute atomic E-state index is 0.0142. The standard InChI is InChI=1S/C17H17NO4/c1-11-8-12(2)16(13(3)9-11)17(19)22-10-14-4-6-15(7-5-14)18(20)21/h4-9H,10H2,1-3H3. The normalized spacial score (nSPS) is 10.3. The smallest absolute Gasteiger partial charge is 0.339 e. The molecule has 2 aromatic carbocycles. The number of nitro groups is 1. The maximum atomic E-state index is 12.2. The average Bonchev–Trinajstić information content (AvgIpc) is 2.44. The highest BCUT2D eigenvalue weighted by atomic mass is 16.6. The van der Waals surface area contributed by atoms with Gasteiger partial charge in [-0.15, -0.1) is 0 Å². The van der Waals surface area contributed by atoms with E-state index in [1.165, 1.54) is 12.1 Å². The van der Waals surface area contributed by atoms with Gasteiger partial charge in [-0.1, -0.05) is 17.7 Å². The number of ether oxygens (including phenoxy) is 1. The molecule has 5 nitrogen and oxygen atoms in total. The van der Waals surface area contributed by atoms with Crippen molar-refractivity contribution >= 4 is 11.7 Å². The lowest BCUT2D eigenvalue weighted by molar-refractivity contribution is -0.384. The number of nitrogens with zero attached hydrogens (tertiary/aromatic N) is 1. The van der Waals surface area contributed by atoms with Crippen LogP contribution in [0.2, 0.25) is 0 Å². The Hall–Kier alpha value is -2.69. The van der Waals surface area contributed by atoms with Crippen molar-refractivity contribution in [3.63, 3.8) is 0 Å². The number of benzene rings is 2. The number of rotatable bonds is 4. The SMILES string of the molecule is Cc1cc(C)c(C(=O)OCc2ccc([N+](=O)[O-])cc2)c(C)c1. The lowest BCUT2D eigenvalue weighted by Gasteiger charge is -2.11. The van der Waals surface area contributed by atoms with Crippen molar-refractivity contribution in [1.29, 1.82) is 0 Å². The van der Waals surface area contributed by atoms with Gasteiger partial charge in [0.15, 0.2) is 0 Å². The first-order valence-corrected chi connectivity index (χ1v) is 6.87. The molecule has 0 saturated carbocycles. The molecule has 0 aliphatic carbocycles. The van der Waals surface area contributed by atoms with Crippen molar-refractivity contribution in [2.45, 2.75) is 27.4 Å². The van der Waals surface area contributed by atoms with E-state index in [4.69, 9.17) is 4.74 Å². The third kappa shape index (κ3) is 3.49. The van der Waals surface area contributed by atoms with Gasteiger partial charge in [-0.3, -0.25) is 10.1 Å². The van der Waals surface area contributed by atoms with E-state index in [2.05, 4.69) is 0 Å².